The van der Waals surface area contributed by atoms with Gasteiger partial charge in [0, 0.05) is 33.3 Å². The molecule has 1 aromatic carbocycles. The van der Waals surface area contributed by atoms with Gasteiger partial charge in [-0.1, -0.05) is 18.6 Å². The third-order valence-corrected chi connectivity index (χ3v) is 5.20. The molecule has 0 spiro atoms. The molecule has 1 aromatic rings. The van der Waals surface area contributed by atoms with Crippen LogP contribution in [0.25, 0.3) is 0 Å². The Hall–Kier alpha value is -1.10. The van der Waals surface area contributed by atoms with Gasteiger partial charge in [-0.3, -0.25) is 4.90 Å². The maximum absolute atomic E-state index is 5.97. The second-order valence-corrected chi connectivity index (χ2v) is 7.13. The summed E-state index contributed by atoms with van der Waals surface area (Å²) in [5, 5.41) is 0. The topological polar surface area (TPSA) is 24.9 Å². The summed E-state index contributed by atoms with van der Waals surface area (Å²) in [6.07, 6.45) is 6.79. The number of nitrogens with zero attached hydrogens (tertiary/aromatic N) is 2. The van der Waals surface area contributed by atoms with Gasteiger partial charge >= 0.3 is 0 Å². The highest BCUT2D eigenvalue weighted by atomic mass is 16.5. The van der Waals surface area contributed by atoms with E-state index >= 15 is 0 Å². The highest BCUT2D eigenvalue weighted by molar-refractivity contribution is 5.28. The first-order valence-corrected chi connectivity index (χ1v) is 9.53. The molecule has 0 unspecified atom stereocenters. The van der Waals surface area contributed by atoms with E-state index in [1.54, 1.807) is 0 Å². The lowest BCUT2D eigenvalue weighted by molar-refractivity contribution is 0.107. The van der Waals surface area contributed by atoms with Crippen molar-refractivity contribution in [3.63, 3.8) is 0 Å². The average molecular weight is 332 g/mol. The Morgan fingerprint density at radius 2 is 1.96 bits per heavy atom. The molecule has 2 aliphatic heterocycles. The van der Waals surface area contributed by atoms with Crippen LogP contribution in [0.4, 0.5) is 0 Å². The first-order chi connectivity index (χ1) is 11.8. The fraction of sp³-hybridized carbons (Fsp3) is 0.700. The predicted octanol–water partition coefficient (Wildman–Crippen LogP) is 3.16. The molecule has 1 atom stereocenters. The van der Waals surface area contributed by atoms with E-state index in [0.29, 0.717) is 6.10 Å². The number of benzene rings is 1. The Morgan fingerprint density at radius 3 is 2.75 bits per heavy atom. The Kier molecular flexibility index (Phi) is 6.94. The standard InChI is InChI=1S/C20H32N2O2/c1-23-20-9-13-22(17-20)16-18-7-5-8-19(15-18)24-14-6-12-21-10-3-2-4-11-21/h5,7-8,15,20H,2-4,6,9-14,16-17H2,1H3/t20-/m0/s1. The molecule has 2 heterocycles. The van der Waals surface area contributed by atoms with Gasteiger partial charge in [-0.05, 0) is 56.5 Å². The van der Waals surface area contributed by atoms with Crippen molar-refractivity contribution >= 4 is 0 Å². The number of hydrogen-bond acceptors (Lipinski definition) is 4. The molecule has 3 rings (SSSR count). The Bertz CT molecular complexity index is 488. The van der Waals surface area contributed by atoms with E-state index in [2.05, 4.69) is 34.1 Å². The van der Waals surface area contributed by atoms with E-state index in [1.165, 1.54) is 44.5 Å². The Balaban J connectivity index is 1.38. The molecule has 24 heavy (non-hydrogen) atoms. The molecular formula is C20H32N2O2. The molecule has 0 saturated carbocycles. The zero-order valence-corrected chi connectivity index (χ0v) is 15.1. The van der Waals surface area contributed by atoms with Gasteiger partial charge < -0.3 is 14.4 Å². The summed E-state index contributed by atoms with van der Waals surface area (Å²) in [6, 6.07) is 8.58. The van der Waals surface area contributed by atoms with Crippen LogP contribution in [0.2, 0.25) is 0 Å². The molecule has 0 radical (unpaired) electrons. The third kappa shape index (κ3) is 5.47. The van der Waals surface area contributed by atoms with Crippen molar-refractivity contribution in [2.45, 2.75) is 44.8 Å². The predicted molar refractivity (Wildman–Crippen MR) is 97.5 cm³/mol. The van der Waals surface area contributed by atoms with Gasteiger partial charge in [-0.15, -0.1) is 0 Å². The van der Waals surface area contributed by atoms with Crippen molar-refractivity contribution in [3.8, 4) is 5.75 Å². The van der Waals surface area contributed by atoms with E-state index in [0.717, 1.165) is 44.8 Å². The molecule has 4 heteroatoms. The lowest BCUT2D eigenvalue weighted by Crippen LogP contribution is -2.31. The summed E-state index contributed by atoms with van der Waals surface area (Å²) in [7, 11) is 1.81. The van der Waals surface area contributed by atoms with Crippen LogP contribution in [0.1, 0.15) is 37.7 Å². The van der Waals surface area contributed by atoms with Gasteiger partial charge in [-0.2, -0.15) is 0 Å². The summed E-state index contributed by atoms with van der Waals surface area (Å²) < 4.78 is 11.4. The van der Waals surface area contributed by atoms with Crippen molar-refractivity contribution < 1.29 is 9.47 Å². The van der Waals surface area contributed by atoms with Crippen LogP contribution in [-0.2, 0) is 11.3 Å². The van der Waals surface area contributed by atoms with Gasteiger partial charge in [0.15, 0.2) is 0 Å². The Labute approximate surface area is 146 Å². The molecule has 0 aromatic heterocycles. The van der Waals surface area contributed by atoms with E-state index in [9.17, 15) is 0 Å². The molecule has 2 aliphatic rings. The second-order valence-electron chi connectivity index (χ2n) is 7.13. The average Bonchev–Trinajstić information content (AvgIpc) is 3.08. The number of ether oxygens (including phenoxy) is 2. The molecule has 4 nitrogen and oxygen atoms in total. The van der Waals surface area contributed by atoms with Crippen molar-refractivity contribution in [2.24, 2.45) is 0 Å². The van der Waals surface area contributed by atoms with Gasteiger partial charge in [-0.25, -0.2) is 0 Å². The first-order valence-electron chi connectivity index (χ1n) is 9.53. The molecule has 0 bridgehead atoms. The maximum Gasteiger partial charge on any atom is 0.119 e. The minimum atomic E-state index is 0.402. The summed E-state index contributed by atoms with van der Waals surface area (Å²) in [5.74, 6) is 1.01. The number of piperidine rings is 1. The van der Waals surface area contributed by atoms with Crippen LogP contribution in [0, 0.1) is 0 Å². The number of hydrogen-bond donors (Lipinski definition) is 0. The van der Waals surface area contributed by atoms with E-state index in [1.807, 2.05) is 7.11 Å². The minimum Gasteiger partial charge on any atom is -0.494 e. The summed E-state index contributed by atoms with van der Waals surface area (Å²) >= 11 is 0. The number of methoxy groups -OCH3 is 1. The fourth-order valence-electron chi connectivity index (χ4n) is 3.79. The molecule has 2 fully saturated rings. The smallest absolute Gasteiger partial charge is 0.119 e. The van der Waals surface area contributed by atoms with Gasteiger partial charge in [0.2, 0.25) is 0 Å². The largest absolute Gasteiger partial charge is 0.494 e. The van der Waals surface area contributed by atoms with Crippen molar-refractivity contribution in [1.82, 2.24) is 9.80 Å². The minimum absolute atomic E-state index is 0.402. The summed E-state index contributed by atoms with van der Waals surface area (Å²) in [6.45, 7) is 7.69. The van der Waals surface area contributed by atoms with Gasteiger partial charge in [0.1, 0.15) is 5.75 Å². The zero-order chi connectivity index (χ0) is 16.6. The third-order valence-electron chi connectivity index (χ3n) is 5.20. The van der Waals surface area contributed by atoms with Crippen LogP contribution in [0.15, 0.2) is 24.3 Å². The second kappa shape index (κ2) is 9.40. The van der Waals surface area contributed by atoms with Gasteiger partial charge in [0.05, 0.1) is 12.7 Å². The van der Waals surface area contributed by atoms with Gasteiger partial charge in [0.25, 0.3) is 0 Å². The summed E-state index contributed by atoms with van der Waals surface area (Å²) in [4.78, 5) is 5.03. The quantitative estimate of drug-likeness (QED) is 0.683. The molecule has 0 aliphatic carbocycles. The number of likely N-dealkylation sites (tertiary alicyclic amines) is 2. The van der Waals surface area contributed by atoms with Crippen LogP contribution in [0.5, 0.6) is 5.75 Å². The fourth-order valence-corrected chi connectivity index (χ4v) is 3.79. The summed E-state index contributed by atoms with van der Waals surface area (Å²) in [5.41, 5.74) is 1.33. The van der Waals surface area contributed by atoms with Crippen LogP contribution >= 0.6 is 0 Å². The van der Waals surface area contributed by atoms with Crippen molar-refractivity contribution in [2.75, 3.05) is 46.4 Å². The Morgan fingerprint density at radius 1 is 1.08 bits per heavy atom. The monoisotopic (exact) mass is 332 g/mol. The highest BCUT2D eigenvalue weighted by Crippen LogP contribution is 2.19. The number of rotatable bonds is 8. The van der Waals surface area contributed by atoms with Crippen LogP contribution in [0.3, 0.4) is 0 Å². The maximum atomic E-state index is 5.97. The highest BCUT2D eigenvalue weighted by Gasteiger charge is 2.21. The molecule has 2 saturated heterocycles. The van der Waals surface area contributed by atoms with E-state index < -0.39 is 0 Å². The zero-order valence-electron chi connectivity index (χ0n) is 15.1. The van der Waals surface area contributed by atoms with Crippen molar-refractivity contribution in [1.29, 1.82) is 0 Å². The molecule has 0 amide bonds. The van der Waals surface area contributed by atoms with E-state index in [-0.39, 0.29) is 0 Å². The molecule has 0 N–H and O–H groups in total. The van der Waals surface area contributed by atoms with Crippen LogP contribution in [-0.4, -0.2) is 62.3 Å². The lowest BCUT2D eigenvalue weighted by Gasteiger charge is -2.26. The lowest BCUT2D eigenvalue weighted by atomic mass is 10.1. The molecular weight excluding hydrogens is 300 g/mol. The first kappa shape index (κ1) is 17.7. The molecule has 134 valence electrons. The van der Waals surface area contributed by atoms with Crippen LogP contribution < -0.4 is 4.74 Å². The SMILES string of the molecule is CO[C@H]1CCN(Cc2cccc(OCCCN3CCCCC3)c2)C1. The van der Waals surface area contributed by atoms with E-state index in [4.69, 9.17) is 9.47 Å². The normalized spacial score (nSPS) is 22.8. The van der Waals surface area contributed by atoms with Crippen molar-refractivity contribution in [3.05, 3.63) is 29.8 Å².